The highest BCUT2D eigenvalue weighted by Crippen LogP contribution is 2.31. The summed E-state index contributed by atoms with van der Waals surface area (Å²) >= 11 is 1.21. The number of benzene rings is 1. The van der Waals surface area contributed by atoms with Crippen molar-refractivity contribution in [2.45, 2.75) is 63.8 Å². The Morgan fingerprint density at radius 3 is 2.53 bits per heavy atom. The van der Waals surface area contributed by atoms with Crippen LogP contribution in [0.3, 0.4) is 0 Å². The van der Waals surface area contributed by atoms with Crippen molar-refractivity contribution in [2.75, 3.05) is 7.11 Å². The Balaban J connectivity index is 1.66. The predicted molar refractivity (Wildman–Crippen MR) is 124 cm³/mol. The Bertz CT molecular complexity index is 959. The molecule has 0 amide bonds. The van der Waals surface area contributed by atoms with Crippen LogP contribution in [0.4, 0.5) is 0 Å². The molecular formula is C25H32N2O2S. The van der Waals surface area contributed by atoms with Gasteiger partial charge in [-0.2, -0.15) is 4.33 Å². The number of pyridine rings is 1. The summed E-state index contributed by atoms with van der Waals surface area (Å²) in [4.78, 5) is 10.8. The van der Waals surface area contributed by atoms with Gasteiger partial charge >= 0.3 is 0 Å². The van der Waals surface area contributed by atoms with Crippen LogP contribution in [0.1, 0.15) is 51.5 Å². The van der Waals surface area contributed by atoms with Crippen LogP contribution in [0.5, 0.6) is 0 Å². The van der Waals surface area contributed by atoms with Crippen LogP contribution in [-0.2, 0) is 22.2 Å². The van der Waals surface area contributed by atoms with E-state index in [1.165, 1.54) is 62.2 Å². The maximum atomic E-state index is 5.13. The first-order chi connectivity index (χ1) is 14.6. The third kappa shape index (κ3) is 5.08. The van der Waals surface area contributed by atoms with Gasteiger partial charge in [0.05, 0.1) is 24.8 Å². The molecule has 5 heteroatoms. The molecule has 0 unspecified atom stereocenters. The molecule has 1 aliphatic carbocycles. The number of rotatable bonds is 8. The Kier molecular flexibility index (Phi) is 7.13. The maximum absolute atomic E-state index is 5.13. The van der Waals surface area contributed by atoms with Crippen LogP contribution < -0.4 is 0 Å². The average molecular weight is 425 g/mol. The lowest BCUT2D eigenvalue weighted by Crippen LogP contribution is -2.13. The second kappa shape index (κ2) is 9.99. The number of nitrogens with zero attached hydrogens (tertiary/aromatic N) is 2. The van der Waals surface area contributed by atoms with Gasteiger partial charge in [0.15, 0.2) is 0 Å². The van der Waals surface area contributed by atoms with Crippen LogP contribution in [0, 0.1) is 11.8 Å². The van der Waals surface area contributed by atoms with Gasteiger partial charge < -0.3 is 4.57 Å². The van der Waals surface area contributed by atoms with E-state index < -0.39 is 0 Å². The van der Waals surface area contributed by atoms with Gasteiger partial charge in [-0.05, 0) is 60.9 Å². The van der Waals surface area contributed by atoms with Crippen molar-refractivity contribution < 1.29 is 9.22 Å². The fourth-order valence-corrected chi connectivity index (χ4v) is 4.94. The van der Waals surface area contributed by atoms with E-state index in [4.69, 9.17) is 9.32 Å². The normalized spacial score (nSPS) is 15.3. The average Bonchev–Trinajstić information content (AvgIpc) is 3.09. The summed E-state index contributed by atoms with van der Waals surface area (Å²) in [7, 11) is 1.51. The van der Waals surface area contributed by atoms with Crippen molar-refractivity contribution in [3.63, 3.8) is 0 Å². The summed E-state index contributed by atoms with van der Waals surface area (Å²) < 4.78 is 7.38. The Hall–Kier alpha value is -1.82. The predicted octanol–water partition coefficient (Wildman–Crippen LogP) is 7.07. The van der Waals surface area contributed by atoms with Crippen molar-refractivity contribution in [2.24, 2.45) is 11.8 Å². The zero-order valence-electron chi connectivity index (χ0n) is 18.3. The summed E-state index contributed by atoms with van der Waals surface area (Å²) in [6.07, 6.45) is 10.3. The van der Waals surface area contributed by atoms with E-state index >= 15 is 0 Å². The molecule has 30 heavy (non-hydrogen) atoms. The van der Waals surface area contributed by atoms with Crippen LogP contribution in [0.25, 0.3) is 22.3 Å². The van der Waals surface area contributed by atoms with E-state index in [0.717, 1.165) is 40.7 Å². The Morgan fingerprint density at radius 2 is 1.83 bits per heavy atom. The highest BCUT2D eigenvalue weighted by molar-refractivity contribution is 7.94. The monoisotopic (exact) mass is 424 g/mol. The first-order valence-electron chi connectivity index (χ1n) is 11.1. The summed E-state index contributed by atoms with van der Waals surface area (Å²) in [5.41, 5.74) is 4.70. The fourth-order valence-electron chi connectivity index (χ4n) is 4.54. The molecule has 0 radical (unpaired) electrons. The molecule has 2 heterocycles. The number of aromatic nitrogens is 2. The van der Waals surface area contributed by atoms with Crippen molar-refractivity contribution in [1.82, 2.24) is 9.55 Å². The highest BCUT2D eigenvalue weighted by Gasteiger charge is 2.18. The molecule has 1 aromatic carbocycles. The minimum Gasteiger partial charge on any atom is -0.332 e. The summed E-state index contributed by atoms with van der Waals surface area (Å²) in [5, 5.41) is 1.31. The van der Waals surface area contributed by atoms with Crippen LogP contribution in [0.2, 0.25) is 0 Å². The van der Waals surface area contributed by atoms with E-state index in [-0.39, 0.29) is 0 Å². The van der Waals surface area contributed by atoms with E-state index in [2.05, 4.69) is 53.8 Å². The van der Waals surface area contributed by atoms with Crippen LogP contribution >= 0.6 is 12.0 Å². The van der Waals surface area contributed by atoms with E-state index in [0.29, 0.717) is 5.92 Å². The van der Waals surface area contributed by atoms with E-state index in [1.807, 2.05) is 12.1 Å². The quantitative estimate of drug-likeness (QED) is 0.220. The number of fused-ring (bicyclic) bond motifs is 1. The Labute approximate surface area is 184 Å². The standard InChI is InChI=1S/C25H32N2O2S/c1-18(2)15-21-17-27(16-19-7-5-4-6-8-19)25-23(21)13-14-24(26-25)20-9-11-22(12-10-20)30-29-28-3/h9-14,17-19H,4-8,15-16H2,1-3H3. The lowest BCUT2D eigenvalue weighted by molar-refractivity contribution is -0.160. The molecule has 0 saturated heterocycles. The molecule has 3 aromatic rings. The summed E-state index contributed by atoms with van der Waals surface area (Å²) in [6, 6.07) is 12.7. The minimum atomic E-state index is 0.637. The molecule has 4 rings (SSSR count). The van der Waals surface area contributed by atoms with Gasteiger partial charge in [-0.1, -0.05) is 45.2 Å². The molecule has 0 aliphatic heterocycles. The molecular weight excluding hydrogens is 392 g/mol. The number of hydrogen-bond donors (Lipinski definition) is 0. The smallest absolute Gasteiger partial charge is 0.140 e. The molecule has 0 bridgehead atoms. The third-order valence-electron chi connectivity index (χ3n) is 5.96. The molecule has 2 aromatic heterocycles. The van der Waals surface area contributed by atoms with Crippen molar-refractivity contribution in [1.29, 1.82) is 0 Å². The van der Waals surface area contributed by atoms with Gasteiger partial charge in [-0.3, -0.25) is 0 Å². The zero-order chi connectivity index (χ0) is 20.9. The topological polar surface area (TPSA) is 36.3 Å². The zero-order valence-corrected chi connectivity index (χ0v) is 19.1. The Morgan fingerprint density at radius 1 is 1.07 bits per heavy atom. The van der Waals surface area contributed by atoms with Crippen LogP contribution in [0.15, 0.2) is 47.5 Å². The minimum absolute atomic E-state index is 0.637. The van der Waals surface area contributed by atoms with Gasteiger partial charge in [-0.25, -0.2) is 9.87 Å². The first kappa shape index (κ1) is 21.4. The third-order valence-corrected chi connectivity index (χ3v) is 6.63. The van der Waals surface area contributed by atoms with Gasteiger partial charge in [-0.15, -0.1) is 0 Å². The van der Waals surface area contributed by atoms with Gasteiger partial charge in [0.2, 0.25) is 0 Å². The maximum Gasteiger partial charge on any atom is 0.140 e. The molecule has 0 spiro atoms. The molecule has 0 atom stereocenters. The first-order valence-corrected chi connectivity index (χ1v) is 11.8. The van der Waals surface area contributed by atoms with Crippen molar-refractivity contribution in [3.8, 4) is 11.3 Å². The van der Waals surface area contributed by atoms with Crippen LogP contribution in [-0.4, -0.2) is 16.7 Å². The molecule has 1 fully saturated rings. The fraction of sp³-hybridized carbons (Fsp3) is 0.480. The molecule has 160 valence electrons. The molecule has 1 aliphatic rings. The lowest BCUT2D eigenvalue weighted by atomic mass is 9.89. The van der Waals surface area contributed by atoms with E-state index in [9.17, 15) is 0 Å². The van der Waals surface area contributed by atoms with Gasteiger partial charge in [0, 0.05) is 28.6 Å². The molecule has 0 N–H and O–H groups in total. The van der Waals surface area contributed by atoms with Crippen molar-refractivity contribution in [3.05, 3.63) is 48.2 Å². The van der Waals surface area contributed by atoms with Gasteiger partial charge in [0.1, 0.15) is 5.65 Å². The summed E-state index contributed by atoms with van der Waals surface area (Å²) in [6.45, 7) is 5.67. The largest absolute Gasteiger partial charge is 0.332 e. The molecule has 4 nitrogen and oxygen atoms in total. The number of hydrogen-bond acceptors (Lipinski definition) is 4. The summed E-state index contributed by atoms with van der Waals surface area (Å²) in [5.74, 6) is 1.42. The van der Waals surface area contributed by atoms with E-state index in [1.54, 1.807) is 0 Å². The second-order valence-electron chi connectivity index (χ2n) is 8.82. The second-order valence-corrected chi connectivity index (χ2v) is 9.59. The molecule has 1 saturated carbocycles. The SMILES string of the molecule is COOSc1ccc(-c2ccc3c(CC(C)C)cn(CC4CCCCC4)c3n2)cc1. The van der Waals surface area contributed by atoms with Gasteiger partial charge in [0.25, 0.3) is 0 Å². The lowest BCUT2D eigenvalue weighted by Gasteiger charge is -2.22. The van der Waals surface area contributed by atoms with Crippen molar-refractivity contribution >= 4 is 23.1 Å². The highest BCUT2D eigenvalue weighted by atomic mass is 32.2.